The Morgan fingerprint density at radius 3 is 2.45 bits per heavy atom. The molecule has 0 aliphatic heterocycles. The fourth-order valence-corrected chi connectivity index (χ4v) is 2.42. The Morgan fingerprint density at radius 1 is 1.09 bits per heavy atom. The van der Waals surface area contributed by atoms with Crippen LogP contribution in [-0.4, -0.2) is 30.5 Å². The van der Waals surface area contributed by atoms with Gasteiger partial charge in [0.1, 0.15) is 11.4 Å². The average Bonchev–Trinajstić information content (AvgIpc) is 3.03. The predicted molar refractivity (Wildman–Crippen MR) is 82.0 cm³/mol. The number of hydrogen-bond donors (Lipinski definition) is 1. The van der Waals surface area contributed by atoms with Gasteiger partial charge in [0.2, 0.25) is 0 Å². The third-order valence-electron chi connectivity index (χ3n) is 3.48. The molecule has 0 aliphatic carbocycles. The molecule has 0 bridgehead atoms. The van der Waals surface area contributed by atoms with Crippen molar-refractivity contribution >= 4 is 11.6 Å². The molecule has 0 atom stereocenters. The minimum absolute atomic E-state index is 0.233. The topological polar surface area (TPSA) is 77.6 Å². The summed E-state index contributed by atoms with van der Waals surface area (Å²) in [5, 5.41) is 14.5. The summed E-state index contributed by atoms with van der Waals surface area (Å²) in [4.78, 5) is 12.5. The van der Waals surface area contributed by atoms with Crippen molar-refractivity contribution in [2.75, 3.05) is 5.32 Å². The van der Waals surface area contributed by atoms with Gasteiger partial charge in [0.05, 0.1) is 24.3 Å². The molecule has 3 rings (SSSR count). The molecule has 0 saturated heterocycles. The molecule has 0 saturated carbocycles. The first-order valence-corrected chi connectivity index (χ1v) is 6.83. The lowest BCUT2D eigenvalue weighted by Gasteiger charge is -2.12. The maximum absolute atomic E-state index is 12.5. The predicted octanol–water partition coefficient (Wildman–Crippen LogP) is 1.87. The zero-order valence-electron chi connectivity index (χ0n) is 12.6. The fraction of sp³-hybridized carbons (Fsp3) is 0.200. The number of rotatable bonds is 3. The second kappa shape index (κ2) is 5.44. The molecule has 3 aromatic heterocycles. The number of nitrogens with one attached hydrogen (secondary N) is 1. The van der Waals surface area contributed by atoms with Crippen LogP contribution in [0.25, 0.3) is 5.82 Å². The molecule has 0 radical (unpaired) electrons. The van der Waals surface area contributed by atoms with Gasteiger partial charge in [0, 0.05) is 18.4 Å². The Morgan fingerprint density at radius 2 is 1.82 bits per heavy atom. The Labute approximate surface area is 127 Å². The Hall–Kier alpha value is -2.96. The molecule has 22 heavy (non-hydrogen) atoms. The third kappa shape index (κ3) is 2.37. The van der Waals surface area contributed by atoms with Gasteiger partial charge in [-0.05, 0) is 32.0 Å². The van der Waals surface area contributed by atoms with E-state index < -0.39 is 0 Å². The van der Waals surface area contributed by atoms with Gasteiger partial charge in [0.15, 0.2) is 0 Å². The summed E-state index contributed by atoms with van der Waals surface area (Å²) in [7, 11) is 1.82. The van der Waals surface area contributed by atoms with Crippen LogP contribution in [0.3, 0.4) is 0 Å². The Balaban J connectivity index is 2.01. The summed E-state index contributed by atoms with van der Waals surface area (Å²) < 4.78 is 3.70. The summed E-state index contributed by atoms with van der Waals surface area (Å²) >= 11 is 0. The standard InChI is InChI=1S/C15H16N6O/c1-10-4-5-11(2)21(10)15-13(9-18-20(15)3)14(22)19-12-6-7-16-17-8-12/h4-9H,1-3H3,(H,16,19,22). The van der Waals surface area contributed by atoms with Crippen molar-refractivity contribution in [2.24, 2.45) is 7.05 Å². The molecular weight excluding hydrogens is 280 g/mol. The van der Waals surface area contributed by atoms with Crippen LogP contribution < -0.4 is 5.32 Å². The zero-order chi connectivity index (χ0) is 15.7. The Kier molecular flexibility index (Phi) is 3.46. The van der Waals surface area contributed by atoms with Crippen molar-refractivity contribution in [3.63, 3.8) is 0 Å². The molecule has 3 aromatic rings. The summed E-state index contributed by atoms with van der Waals surface area (Å²) in [6.07, 6.45) is 4.60. The van der Waals surface area contributed by atoms with E-state index in [1.807, 2.05) is 37.6 Å². The molecule has 0 aliphatic rings. The van der Waals surface area contributed by atoms with Gasteiger partial charge in [0.25, 0.3) is 5.91 Å². The monoisotopic (exact) mass is 296 g/mol. The number of amides is 1. The van der Waals surface area contributed by atoms with Gasteiger partial charge in [-0.15, -0.1) is 0 Å². The molecule has 7 heteroatoms. The number of hydrogen-bond acceptors (Lipinski definition) is 4. The van der Waals surface area contributed by atoms with Gasteiger partial charge in [-0.2, -0.15) is 15.3 Å². The molecule has 1 amide bonds. The van der Waals surface area contributed by atoms with Crippen LogP contribution in [-0.2, 0) is 7.05 Å². The minimum atomic E-state index is -0.233. The molecular formula is C15H16N6O. The fourth-order valence-electron chi connectivity index (χ4n) is 2.42. The maximum Gasteiger partial charge on any atom is 0.261 e. The lowest BCUT2D eigenvalue weighted by atomic mass is 10.2. The number of anilines is 1. The van der Waals surface area contributed by atoms with Crippen LogP contribution >= 0.6 is 0 Å². The molecule has 0 spiro atoms. The van der Waals surface area contributed by atoms with Crippen molar-refractivity contribution in [1.29, 1.82) is 0 Å². The number of nitrogens with zero attached hydrogens (tertiary/aromatic N) is 5. The van der Waals surface area contributed by atoms with Crippen LogP contribution in [0.4, 0.5) is 5.69 Å². The van der Waals surface area contributed by atoms with E-state index in [2.05, 4.69) is 20.6 Å². The normalized spacial score (nSPS) is 10.7. The van der Waals surface area contributed by atoms with Gasteiger partial charge in [-0.25, -0.2) is 0 Å². The van der Waals surface area contributed by atoms with E-state index in [9.17, 15) is 4.79 Å². The Bertz CT molecular complexity index is 798. The lowest BCUT2D eigenvalue weighted by Crippen LogP contribution is -2.16. The first kappa shape index (κ1) is 14.0. The first-order valence-electron chi connectivity index (χ1n) is 6.83. The number of aryl methyl sites for hydroxylation is 3. The van der Waals surface area contributed by atoms with Gasteiger partial charge < -0.3 is 9.88 Å². The van der Waals surface area contributed by atoms with Gasteiger partial charge in [-0.3, -0.25) is 9.48 Å². The van der Waals surface area contributed by atoms with E-state index in [0.717, 1.165) is 17.2 Å². The molecule has 112 valence electrons. The van der Waals surface area contributed by atoms with Crippen molar-refractivity contribution in [2.45, 2.75) is 13.8 Å². The highest BCUT2D eigenvalue weighted by Crippen LogP contribution is 2.20. The highest BCUT2D eigenvalue weighted by molar-refractivity contribution is 6.06. The van der Waals surface area contributed by atoms with E-state index in [1.165, 1.54) is 12.4 Å². The highest BCUT2D eigenvalue weighted by atomic mass is 16.1. The van der Waals surface area contributed by atoms with Gasteiger partial charge >= 0.3 is 0 Å². The third-order valence-corrected chi connectivity index (χ3v) is 3.48. The molecule has 0 aromatic carbocycles. The van der Waals surface area contributed by atoms with Crippen molar-refractivity contribution in [1.82, 2.24) is 24.5 Å². The SMILES string of the molecule is Cc1ccc(C)n1-c1c(C(=O)Nc2ccnnc2)cnn1C. The van der Waals surface area contributed by atoms with Crippen molar-refractivity contribution < 1.29 is 4.79 Å². The highest BCUT2D eigenvalue weighted by Gasteiger charge is 2.19. The van der Waals surface area contributed by atoms with E-state index in [0.29, 0.717) is 11.3 Å². The second-order valence-electron chi connectivity index (χ2n) is 5.04. The van der Waals surface area contributed by atoms with E-state index in [1.54, 1.807) is 16.9 Å². The maximum atomic E-state index is 12.5. The summed E-state index contributed by atoms with van der Waals surface area (Å²) in [6.45, 7) is 3.99. The summed E-state index contributed by atoms with van der Waals surface area (Å²) in [5.74, 6) is 0.503. The van der Waals surface area contributed by atoms with Crippen LogP contribution in [0.2, 0.25) is 0 Å². The second-order valence-corrected chi connectivity index (χ2v) is 5.04. The van der Waals surface area contributed by atoms with E-state index in [-0.39, 0.29) is 5.91 Å². The average molecular weight is 296 g/mol. The quantitative estimate of drug-likeness (QED) is 0.800. The number of carbonyl (C=O) groups excluding carboxylic acids is 1. The van der Waals surface area contributed by atoms with Crippen molar-refractivity contribution in [3.8, 4) is 5.82 Å². The zero-order valence-corrected chi connectivity index (χ0v) is 12.6. The molecule has 7 nitrogen and oxygen atoms in total. The van der Waals surface area contributed by atoms with Crippen LogP contribution in [0.5, 0.6) is 0 Å². The van der Waals surface area contributed by atoms with Crippen LogP contribution in [0.15, 0.2) is 36.8 Å². The minimum Gasteiger partial charge on any atom is -0.320 e. The smallest absolute Gasteiger partial charge is 0.261 e. The first-order chi connectivity index (χ1) is 10.6. The molecule has 3 heterocycles. The molecule has 1 N–H and O–H groups in total. The van der Waals surface area contributed by atoms with Crippen LogP contribution in [0.1, 0.15) is 21.7 Å². The molecule has 0 unspecified atom stereocenters. The summed E-state index contributed by atoms with van der Waals surface area (Å²) in [5.41, 5.74) is 3.18. The van der Waals surface area contributed by atoms with Gasteiger partial charge in [-0.1, -0.05) is 0 Å². The number of carbonyl (C=O) groups is 1. The van der Waals surface area contributed by atoms with E-state index >= 15 is 0 Å². The van der Waals surface area contributed by atoms with E-state index in [4.69, 9.17) is 0 Å². The number of aromatic nitrogens is 5. The summed E-state index contributed by atoms with van der Waals surface area (Å²) in [6, 6.07) is 5.71. The van der Waals surface area contributed by atoms with Crippen LogP contribution in [0, 0.1) is 13.8 Å². The lowest BCUT2D eigenvalue weighted by molar-refractivity contribution is 0.102. The largest absolute Gasteiger partial charge is 0.320 e. The molecule has 0 fully saturated rings. The van der Waals surface area contributed by atoms with Crippen molar-refractivity contribution in [3.05, 3.63) is 53.7 Å².